The van der Waals surface area contributed by atoms with E-state index >= 15 is 0 Å². The topological polar surface area (TPSA) is 38.0 Å². The average Bonchev–Trinajstić information content (AvgIpc) is 2.11. The van der Waals surface area contributed by atoms with E-state index in [0.29, 0.717) is 6.54 Å². The quantitative estimate of drug-likeness (QED) is 0.772. The molecular formula is C12H20N2. The number of nitrogens with two attached hydrogens (primary N) is 1. The van der Waals surface area contributed by atoms with Gasteiger partial charge in [-0.25, -0.2) is 0 Å². The lowest BCUT2D eigenvalue weighted by Gasteiger charge is -2.26. The molecule has 14 heavy (non-hydrogen) atoms. The molecule has 0 aliphatic rings. The molecule has 0 bridgehead atoms. The van der Waals surface area contributed by atoms with E-state index in [9.17, 15) is 0 Å². The number of hydrogen-bond donors (Lipinski definition) is 2. The molecule has 0 atom stereocenters. The van der Waals surface area contributed by atoms with Crippen molar-refractivity contribution in [1.29, 1.82) is 0 Å². The van der Waals surface area contributed by atoms with Crippen molar-refractivity contribution in [3.05, 3.63) is 29.3 Å². The molecular weight excluding hydrogens is 172 g/mol. The summed E-state index contributed by atoms with van der Waals surface area (Å²) in [4.78, 5) is 0. The van der Waals surface area contributed by atoms with E-state index in [1.54, 1.807) is 0 Å². The standard InChI is InChI=1S/C12H20N2/c1-9-5-6-11(7-10(9)2)14-12(3,4)8-13/h5-7,14H,8,13H2,1-4H3. The second-order valence-corrected chi connectivity index (χ2v) is 4.51. The van der Waals surface area contributed by atoms with Gasteiger partial charge < -0.3 is 11.1 Å². The van der Waals surface area contributed by atoms with Gasteiger partial charge in [0, 0.05) is 17.8 Å². The molecule has 1 aromatic carbocycles. The fraction of sp³-hybridized carbons (Fsp3) is 0.500. The molecule has 0 aromatic heterocycles. The van der Waals surface area contributed by atoms with Crippen molar-refractivity contribution < 1.29 is 0 Å². The molecule has 0 aliphatic carbocycles. The van der Waals surface area contributed by atoms with Crippen LogP contribution in [0.5, 0.6) is 0 Å². The average molecular weight is 192 g/mol. The van der Waals surface area contributed by atoms with Crippen molar-refractivity contribution in [3.8, 4) is 0 Å². The van der Waals surface area contributed by atoms with Crippen LogP contribution in [0, 0.1) is 13.8 Å². The van der Waals surface area contributed by atoms with E-state index < -0.39 is 0 Å². The lowest BCUT2D eigenvalue weighted by Crippen LogP contribution is -2.39. The van der Waals surface area contributed by atoms with E-state index in [0.717, 1.165) is 5.69 Å². The summed E-state index contributed by atoms with van der Waals surface area (Å²) in [6.45, 7) is 9.06. The van der Waals surface area contributed by atoms with E-state index in [2.05, 4.69) is 51.2 Å². The first-order valence-electron chi connectivity index (χ1n) is 5.00. The van der Waals surface area contributed by atoms with Crippen molar-refractivity contribution in [2.45, 2.75) is 33.2 Å². The third-order valence-corrected chi connectivity index (χ3v) is 2.50. The lowest BCUT2D eigenvalue weighted by atomic mass is 10.0. The SMILES string of the molecule is Cc1ccc(NC(C)(C)CN)cc1C. The predicted molar refractivity (Wildman–Crippen MR) is 62.7 cm³/mol. The highest BCUT2D eigenvalue weighted by molar-refractivity contribution is 5.49. The molecule has 1 aromatic rings. The number of nitrogens with one attached hydrogen (secondary N) is 1. The number of benzene rings is 1. The van der Waals surface area contributed by atoms with E-state index in [1.165, 1.54) is 11.1 Å². The summed E-state index contributed by atoms with van der Waals surface area (Å²) < 4.78 is 0. The maximum Gasteiger partial charge on any atom is 0.0439 e. The number of aryl methyl sites for hydroxylation is 2. The monoisotopic (exact) mass is 192 g/mol. The summed E-state index contributed by atoms with van der Waals surface area (Å²) in [5.41, 5.74) is 9.39. The molecule has 0 saturated heterocycles. The Labute approximate surface area is 86.5 Å². The molecule has 0 radical (unpaired) electrons. The van der Waals surface area contributed by atoms with Crippen LogP contribution in [0.25, 0.3) is 0 Å². The molecule has 2 heteroatoms. The predicted octanol–water partition coefficient (Wildman–Crippen LogP) is 2.45. The second-order valence-electron chi connectivity index (χ2n) is 4.51. The Kier molecular flexibility index (Phi) is 3.17. The Hall–Kier alpha value is -1.02. The smallest absolute Gasteiger partial charge is 0.0439 e. The summed E-state index contributed by atoms with van der Waals surface area (Å²) >= 11 is 0. The largest absolute Gasteiger partial charge is 0.379 e. The molecule has 0 aliphatic heterocycles. The first kappa shape index (κ1) is 11.1. The summed E-state index contributed by atoms with van der Waals surface area (Å²) in [7, 11) is 0. The van der Waals surface area contributed by atoms with Crippen LogP contribution in [0.4, 0.5) is 5.69 Å². The number of anilines is 1. The molecule has 2 nitrogen and oxygen atoms in total. The summed E-state index contributed by atoms with van der Waals surface area (Å²) in [6.07, 6.45) is 0. The van der Waals surface area contributed by atoms with Crippen molar-refractivity contribution in [2.75, 3.05) is 11.9 Å². The van der Waals surface area contributed by atoms with Gasteiger partial charge in [-0.15, -0.1) is 0 Å². The molecule has 0 spiro atoms. The molecule has 0 amide bonds. The summed E-state index contributed by atoms with van der Waals surface area (Å²) in [5.74, 6) is 0. The van der Waals surface area contributed by atoms with Crippen LogP contribution in [0.3, 0.4) is 0 Å². The third kappa shape index (κ3) is 2.74. The van der Waals surface area contributed by atoms with E-state index in [1.807, 2.05) is 0 Å². The molecule has 0 unspecified atom stereocenters. The molecule has 0 saturated carbocycles. The van der Waals surface area contributed by atoms with Crippen LogP contribution < -0.4 is 11.1 Å². The normalized spacial score (nSPS) is 11.5. The van der Waals surface area contributed by atoms with Gasteiger partial charge in [0.2, 0.25) is 0 Å². The summed E-state index contributed by atoms with van der Waals surface area (Å²) in [5, 5.41) is 3.41. The minimum atomic E-state index is -0.0400. The maximum atomic E-state index is 5.66. The third-order valence-electron chi connectivity index (χ3n) is 2.50. The van der Waals surface area contributed by atoms with Crippen LogP contribution in [0.15, 0.2) is 18.2 Å². The highest BCUT2D eigenvalue weighted by Crippen LogP contribution is 2.17. The zero-order valence-corrected chi connectivity index (χ0v) is 9.52. The Morgan fingerprint density at radius 2 is 1.86 bits per heavy atom. The van der Waals surface area contributed by atoms with Crippen LogP contribution in [-0.2, 0) is 0 Å². The van der Waals surface area contributed by atoms with Crippen LogP contribution >= 0.6 is 0 Å². The molecule has 0 heterocycles. The first-order valence-corrected chi connectivity index (χ1v) is 5.00. The molecule has 3 N–H and O–H groups in total. The van der Waals surface area contributed by atoms with Gasteiger partial charge in [0.1, 0.15) is 0 Å². The van der Waals surface area contributed by atoms with Gasteiger partial charge in [0.25, 0.3) is 0 Å². The minimum absolute atomic E-state index is 0.0400. The fourth-order valence-electron chi connectivity index (χ4n) is 1.26. The first-order chi connectivity index (χ1) is 6.44. The minimum Gasteiger partial charge on any atom is -0.379 e. The van der Waals surface area contributed by atoms with Crippen LogP contribution in [0.1, 0.15) is 25.0 Å². The summed E-state index contributed by atoms with van der Waals surface area (Å²) in [6, 6.07) is 6.39. The van der Waals surface area contributed by atoms with E-state index in [-0.39, 0.29) is 5.54 Å². The van der Waals surface area contributed by atoms with Gasteiger partial charge in [-0.2, -0.15) is 0 Å². The molecule has 0 fully saturated rings. The Morgan fingerprint density at radius 1 is 1.21 bits per heavy atom. The zero-order valence-electron chi connectivity index (χ0n) is 9.52. The Bertz CT molecular complexity index is 316. The second kappa shape index (κ2) is 4.01. The highest BCUT2D eigenvalue weighted by Gasteiger charge is 2.14. The number of rotatable bonds is 3. The van der Waals surface area contributed by atoms with Gasteiger partial charge in [0.05, 0.1) is 0 Å². The van der Waals surface area contributed by atoms with Crippen molar-refractivity contribution in [3.63, 3.8) is 0 Å². The highest BCUT2D eigenvalue weighted by atomic mass is 15.0. The van der Waals surface area contributed by atoms with E-state index in [4.69, 9.17) is 5.73 Å². The zero-order chi connectivity index (χ0) is 10.8. The molecule has 1 rings (SSSR count). The van der Waals surface area contributed by atoms with Gasteiger partial charge in [0.15, 0.2) is 0 Å². The van der Waals surface area contributed by atoms with Gasteiger partial charge in [-0.1, -0.05) is 6.07 Å². The van der Waals surface area contributed by atoms with Gasteiger partial charge in [-0.3, -0.25) is 0 Å². The van der Waals surface area contributed by atoms with Gasteiger partial charge >= 0.3 is 0 Å². The fourth-order valence-corrected chi connectivity index (χ4v) is 1.26. The maximum absolute atomic E-state index is 5.66. The van der Waals surface area contributed by atoms with Crippen molar-refractivity contribution in [2.24, 2.45) is 5.73 Å². The number of hydrogen-bond acceptors (Lipinski definition) is 2. The van der Waals surface area contributed by atoms with Crippen LogP contribution in [0.2, 0.25) is 0 Å². The Balaban J connectivity index is 2.83. The van der Waals surface area contributed by atoms with Crippen LogP contribution in [-0.4, -0.2) is 12.1 Å². The lowest BCUT2D eigenvalue weighted by molar-refractivity contribution is 0.580. The van der Waals surface area contributed by atoms with Gasteiger partial charge in [-0.05, 0) is 51.0 Å². The van der Waals surface area contributed by atoms with Crippen molar-refractivity contribution >= 4 is 5.69 Å². The molecule has 78 valence electrons. The van der Waals surface area contributed by atoms with Crippen molar-refractivity contribution in [1.82, 2.24) is 0 Å². The Morgan fingerprint density at radius 3 is 2.36 bits per heavy atom.